The van der Waals surface area contributed by atoms with Crippen LogP contribution in [0, 0.1) is 6.92 Å². The molecule has 1 saturated heterocycles. The fourth-order valence-corrected chi connectivity index (χ4v) is 5.68. The largest absolute Gasteiger partial charge is 0.376 e. The lowest BCUT2D eigenvalue weighted by molar-refractivity contribution is -0.143. The average Bonchev–Trinajstić information content (AvgIpc) is 3.56. The van der Waals surface area contributed by atoms with Crippen LogP contribution in [0.3, 0.4) is 0 Å². The van der Waals surface area contributed by atoms with Crippen molar-refractivity contribution in [2.45, 2.75) is 58.2 Å². The van der Waals surface area contributed by atoms with E-state index in [0.29, 0.717) is 32.7 Å². The Hall–Kier alpha value is -2.96. The van der Waals surface area contributed by atoms with Crippen LogP contribution in [0.5, 0.6) is 0 Å². The van der Waals surface area contributed by atoms with E-state index in [0.717, 1.165) is 24.0 Å². The second-order valence-electron chi connectivity index (χ2n) is 9.49. The minimum absolute atomic E-state index is 0.000449. The second-order valence-corrected chi connectivity index (χ2v) is 10.5. The van der Waals surface area contributed by atoms with Crippen LogP contribution in [0.25, 0.3) is 0 Å². The quantitative estimate of drug-likeness (QED) is 0.332. The van der Waals surface area contributed by atoms with E-state index in [2.05, 4.69) is 18.4 Å². The van der Waals surface area contributed by atoms with Gasteiger partial charge in [0.25, 0.3) is 0 Å². The molecule has 0 saturated carbocycles. The maximum atomic E-state index is 13.9. The van der Waals surface area contributed by atoms with Gasteiger partial charge in [-0.25, -0.2) is 0 Å². The SMILES string of the molecule is CCC(C(=O)N(CC(=O)N(Cc1ccccc1)Cc1sccc1C)CC1CCCO1)c1ccccc1. The normalized spacial score (nSPS) is 16.0. The van der Waals surface area contributed by atoms with E-state index in [1.54, 1.807) is 16.2 Å². The van der Waals surface area contributed by atoms with Gasteiger partial charge in [0.05, 0.1) is 25.1 Å². The summed E-state index contributed by atoms with van der Waals surface area (Å²) < 4.78 is 5.87. The molecule has 2 unspecified atom stereocenters. The van der Waals surface area contributed by atoms with E-state index in [1.807, 2.05) is 72.5 Å². The first kappa shape index (κ1) is 26.1. The minimum atomic E-state index is -0.275. The van der Waals surface area contributed by atoms with Gasteiger partial charge < -0.3 is 14.5 Å². The lowest BCUT2D eigenvalue weighted by Crippen LogP contribution is -2.46. The molecule has 1 aliphatic heterocycles. The lowest BCUT2D eigenvalue weighted by Gasteiger charge is -2.31. The molecule has 0 radical (unpaired) electrons. The number of benzene rings is 2. The molecule has 0 N–H and O–H groups in total. The topological polar surface area (TPSA) is 49.9 Å². The van der Waals surface area contributed by atoms with E-state index >= 15 is 0 Å². The molecule has 2 aromatic carbocycles. The maximum Gasteiger partial charge on any atom is 0.242 e. The number of carbonyl (C=O) groups excluding carboxylic acids is 2. The zero-order valence-corrected chi connectivity index (χ0v) is 22.1. The molecule has 2 atom stereocenters. The van der Waals surface area contributed by atoms with Crippen LogP contribution in [0.15, 0.2) is 72.1 Å². The summed E-state index contributed by atoms with van der Waals surface area (Å²) in [5.74, 6) is -0.317. The molecule has 2 heterocycles. The smallest absolute Gasteiger partial charge is 0.242 e. The Morgan fingerprint density at radius 1 is 1.00 bits per heavy atom. The van der Waals surface area contributed by atoms with E-state index in [1.165, 1.54) is 10.4 Å². The minimum Gasteiger partial charge on any atom is -0.376 e. The van der Waals surface area contributed by atoms with Crippen LogP contribution < -0.4 is 0 Å². The molecule has 6 heteroatoms. The summed E-state index contributed by atoms with van der Waals surface area (Å²) in [4.78, 5) is 32.5. The zero-order valence-electron chi connectivity index (χ0n) is 21.3. The van der Waals surface area contributed by atoms with Gasteiger partial charge in [-0.3, -0.25) is 9.59 Å². The van der Waals surface area contributed by atoms with Crippen molar-refractivity contribution in [1.82, 2.24) is 9.80 Å². The number of carbonyl (C=O) groups is 2. The van der Waals surface area contributed by atoms with Gasteiger partial charge in [0.2, 0.25) is 11.8 Å². The third-order valence-electron chi connectivity index (χ3n) is 6.87. The first-order valence-electron chi connectivity index (χ1n) is 12.8. The van der Waals surface area contributed by atoms with E-state index in [-0.39, 0.29) is 30.4 Å². The highest BCUT2D eigenvalue weighted by Gasteiger charge is 2.31. The maximum absolute atomic E-state index is 13.9. The van der Waals surface area contributed by atoms with E-state index in [4.69, 9.17) is 4.74 Å². The van der Waals surface area contributed by atoms with Gasteiger partial charge in [0, 0.05) is 24.6 Å². The average molecular weight is 505 g/mol. The van der Waals surface area contributed by atoms with Crippen molar-refractivity contribution in [2.75, 3.05) is 19.7 Å². The number of hydrogen-bond acceptors (Lipinski definition) is 4. The second kappa shape index (κ2) is 12.8. The van der Waals surface area contributed by atoms with Crippen LogP contribution in [0.1, 0.15) is 53.7 Å². The van der Waals surface area contributed by atoms with Crippen LogP contribution >= 0.6 is 11.3 Å². The van der Waals surface area contributed by atoms with Gasteiger partial charge in [-0.1, -0.05) is 67.6 Å². The highest BCUT2D eigenvalue weighted by Crippen LogP contribution is 2.25. The van der Waals surface area contributed by atoms with E-state index < -0.39 is 0 Å². The Morgan fingerprint density at radius 2 is 1.72 bits per heavy atom. The predicted octanol–water partition coefficient (Wildman–Crippen LogP) is 5.79. The van der Waals surface area contributed by atoms with Gasteiger partial charge in [-0.2, -0.15) is 0 Å². The summed E-state index contributed by atoms with van der Waals surface area (Å²) in [5, 5.41) is 2.06. The van der Waals surface area contributed by atoms with E-state index in [9.17, 15) is 9.59 Å². The molecule has 3 aromatic rings. The Balaban J connectivity index is 1.57. The molecule has 36 heavy (non-hydrogen) atoms. The Labute approximate surface area is 218 Å². The third kappa shape index (κ3) is 6.83. The monoisotopic (exact) mass is 504 g/mol. The zero-order chi connectivity index (χ0) is 25.3. The summed E-state index contributed by atoms with van der Waals surface area (Å²) >= 11 is 1.67. The van der Waals surface area contributed by atoms with Gasteiger partial charge >= 0.3 is 0 Å². The number of aryl methyl sites for hydroxylation is 1. The van der Waals surface area contributed by atoms with Crippen molar-refractivity contribution in [2.24, 2.45) is 0 Å². The fraction of sp³-hybridized carbons (Fsp3) is 0.400. The number of amides is 2. The molecule has 0 spiro atoms. The number of nitrogens with zero attached hydrogens (tertiary/aromatic N) is 2. The summed E-state index contributed by atoms with van der Waals surface area (Å²) in [6.07, 6.45) is 2.58. The Kier molecular flexibility index (Phi) is 9.31. The van der Waals surface area contributed by atoms with Gasteiger partial charge in [0.1, 0.15) is 0 Å². The summed E-state index contributed by atoms with van der Waals surface area (Å²) in [6, 6.07) is 22.0. The molecular formula is C30H36N2O3S. The first-order chi connectivity index (χ1) is 17.5. The summed E-state index contributed by atoms with van der Waals surface area (Å²) in [7, 11) is 0. The summed E-state index contributed by atoms with van der Waals surface area (Å²) in [6.45, 7) is 6.38. The highest BCUT2D eigenvalue weighted by molar-refractivity contribution is 7.10. The summed E-state index contributed by atoms with van der Waals surface area (Å²) in [5.41, 5.74) is 3.26. The van der Waals surface area contributed by atoms with Crippen molar-refractivity contribution in [3.05, 3.63) is 93.7 Å². The predicted molar refractivity (Wildman–Crippen MR) is 145 cm³/mol. The molecule has 0 aliphatic carbocycles. The van der Waals surface area contributed by atoms with Gasteiger partial charge in [-0.05, 0) is 54.3 Å². The van der Waals surface area contributed by atoms with Crippen LogP contribution in [0.4, 0.5) is 0 Å². The van der Waals surface area contributed by atoms with Crippen molar-refractivity contribution in [3.8, 4) is 0 Å². The Bertz CT molecular complexity index is 1110. The van der Waals surface area contributed by atoms with Crippen molar-refractivity contribution >= 4 is 23.2 Å². The third-order valence-corrected chi connectivity index (χ3v) is 7.87. The molecule has 2 amide bonds. The van der Waals surface area contributed by atoms with Gasteiger partial charge in [-0.15, -0.1) is 11.3 Å². The molecule has 5 nitrogen and oxygen atoms in total. The first-order valence-corrected chi connectivity index (χ1v) is 13.7. The lowest BCUT2D eigenvalue weighted by atomic mass is 9.94. The number of rotatable bonds is 11. The van der Waals surface area contributed by atoms with Crippen molar-refractivity contribution in [3.63, 3.8) is 0 Å². The molecule has 1 aromatic heterocycles. The molecule has 1 fully saturated rings. The highest BCUT2D eigenvalue weighted by atomic mass is 32.1. The number of ether oxygens (including phenoxy) is 1. The standard InChI is InChI=1S/C30H36N2O3S/c1-3-27(25-13-8-5-9-14-25)30(34)32(20-26-15-10-17-35-26)22-29(33)31(19-24-11-6-4-7-12-24)21-28-23(2)16-18-36-28/h4-9,11-14,16,18,26-27H,3,10,15,17,19-22H2,1-2H3. The number of thiophene rings is 1. The molecule has 4 rings (SSSR count). The van der Waals surface area contributed by atoms with Crippen LogP contribution in [-0.4, -0.2) is 47.4 Å². The molecular weight excluding hydrogens is 468 g/mol. The van der Waals surface area contributed by atoms with Crippen molar-refractivity contribution in [1.29, 1.82) is 0 Å². The van der Waals surface area contributed by atoms with Crippen LogP contribution in [0.2, 0.25) is 0 Å². The van der Waals surface area contributed by atoms with Crippen molar-refractivity contribution < 1.29 is 14.3 Å². The molecule has 190 valence electrons. The fourth-order valence-electron chi connectivity index (χ4n) is 4.76. The van der Waals surface area contributed by atoms with Gasteiger partial charge in [0.15, 0.2) is 0 Å². The van der Waals surface area contributed by atoms with Crippen LogP contribution in [-0.2, 0) is 27.4 Å². The molecule has 0 bridgehead atoms. The Morgan fingerprint density at radius 3 is 2.33 bits per heavy atom. The molecule has 1 aliphatic rings. The number of hydrogen-bond donors (Lipinski definition) is 0.